The van der Waals surface area contributed by atoms with Crippen LogP contribution in [-0.4, -0.2) is 25.9 Å². The molecule has 6 nitrogen and oxygen atoms in total. The fourth-order valence-electron chi connectivity index (χ4n) is 3.76. The third-order valence-corrected chi connectivity index (χ3v) is 5.10. The molecule has 0 bridgehead atoms. The Balaban J connectivity index is 1.87. The van der Waals surface area contributed by atoms with Gasteiger partial charge in [-0.3, -0.25) is 0 Å². The maximum Gasteiger partial charge on any atom is 0.336 e. The van der Waals surface area contributed by atoms with Gasteiger partial charge in [-0.2, -0.15) is 0 Å². The van der Waals surface area contributed by atoms with Gasteiger partial charge in [0, 0.05) is 11.8 Å². The molecule has 3 N–H and O–H groups in total. The SMILES string of the molecule is CCOC(=O)C1=C(C)NC2=C(C=[NH+]c3ccccc3N2)[C@@H]1c1cccc(OC)c1. The van der Waals surface area contributed by atoms with Crippen LogP contribution in [0.1, 0.15) is 25.3 Å². The number of anilines is 1. The lowest BCUT2D eigenvalue weighted by molar-refractivity contribution is -0.345. The highest BCUT2D eigenvalue weighted by molar-refractivity contribution is 5.97. The van der Waals surface area contributed by atoms with Crippen molar-refractivity contribution in [2.75, 3.05) is 19.0 Å². The highest BCUT2D eigenvalue weighted by Gasteiger charge is 2.37. The second-order valence-corrected chi connectivity index (χ2v) is 6.88. The average Bonchev–Trinajstić information content (AvgIpc) is 2.91. The first-order chi connectivity index (χ1) is 14.1. The fourth-order valence-corrected chi connectivity index (χ4v) is 3.76. The summed E-state index contributed by atoms with van der Waals surface area (Å²) in [6, 6.07) is 15.8. The van der Waals surface area contributed by atoms with Gasteiger partial charge in [0.25, 0.3) is 0 Å². The van der Waals surface area contributed by atoms with Gasteiger partial charge >= 0.3 is 5.97 Å². The molecule has 29 heavy (non-hydrogen) atoms. The Morgan fingerprint density at radius 2 is 1.97 bits per heavy atom. The Bertz CT molecular complexity index is 1050. The Labute approximate surface area is 169 Å². The van der Waals surface area contributed by atoms with Crippen molar-refractivity contribution in [3.8, 4) is 5.75 Å². The molecule has 0 saturated carbocycles. The number of hydrogen-bond acceptors (Lipinski definition) is 5. The molecule has 0 unspecified atom stereocenters. The molecule has 4 rings (SSSR count). The number of allylic oxidation sites excluding steroid dienone is 2. The molecule has 2 aliphatic heterocycles. The van der Waals surface area contributed by atoms with Gasteiger partial charge in [-0.25, -0.2) is 9.79 Å². The molecule has 2 aromatic rings. The number of fused-ring (bicyclic) bond motifs is 1. The number of methoxy groups -OCH3 is 1. The molecule has 0 radical (unpaired) electrons. The van der Waals surface area contributed by atoms with Crippen LogP contribution in [0.25, 0.3) is 0 Å². The van der Waals surface area contributed by atoms with Gasteiger partial charge in [0.2, 0.25) is 5.69 Å². The number of dihydropyridines is 1. The van der Waals surface area contributed by atoms with Gasteiger partial charge in [0.05, 0.1) is 30.8 Å². The summed E-state index contributed by atoms with van der Waals surface area (Å²) < 4.78 is 10.8. The van der Waals surface area contributed by atoms with Crippen LogP contribution in [0, 0.1) is 0 Å². The zero-order valence-corrected chi connectivity index (χ0v) is 16.7. The molecule has 2 aromatic carbocycles. The van der Waals surface area contributed by atoms with Crippen LogP contribution in [0.2, 0.25) is 0 Å². The van der Waals surface area contributed by atoms with Crippen molar-refractivity contribution < 1.29 is 19.3 Å². The van der Waals surface area contributed by atoms with Crippen LogP contribution in [0.3, 0.4) is 0 Å². The summed E-state index contributed by atoms with van der Waals surface area (Å²) in [7, 11) is 1.64. The molecule has 0 aliphatic carbocycles. The molecular formula is C23H24N3O3+. The second kappa shape index (κ2) is 7.83. The predicted molar refractivity (Wildman–Crippen MR) is 112 cm³/mol. The predicted octanol–water partition coefficient (Wildman–Crippen LogP) is 2.34. The Morgan fingerprint density at radius 1 is 1.14 bits per heavy atom. The topological polar surface area (TPSA) is 73.6 Å². The van der Waals surface area contributed by atoms with E-state index in [4.69, 9.17) is 9.47 Å². The Hall–Kier alpha value is -3.54. The van der Waals surface area contributed by atoms with Crippen LogP contribution in [0.4, 0.5) is 11.4 Å². The van der Waals surface area contributed by atoms with Gasteiger partial charge in [-0.05, 0) is 37.6 Å². The van der Waals surface area contributed by atoms with Crippen molar-refractivity contribution in [3.05, 3.63) is 76.8 Å². The standard InChI is InChI=1S/C23H23N3O3/c1-4-29-23(27)20-14(2)25-22-17(13-24-18-10-5-6-11-19(18)26-22)21(20)15-8-7-9-16(12-15)28-3/h5-13,21,25-26H,4H2,1-3H3/p+1/t21-/m0/s1. The quantitative estimate of drug-likeness (QED) is 0.699. The third-order valence-electron chi connectivity index (χ3n) is 5.10. The van der Waals surface area contributed by atoms with E-state index in [9.17, 15) is 4.79 Å². The van der Waals surface area contributed by atoms with Crippen LogP contribution < -0.4 is 20.4 Å². The van der Waals surface area contributed by atoms with E-state index in [0.29, 0.717) is 12.2 Å². The maximum absolute atomic E-state index is 12.9. The fraction of sp³-hybridized carbons (Fsp3) is 0.217. The molecule has 2 aliphatic rings. The number of carbonyl (C=O) groups excluding carboxylic acids is 1. The van der Waals surface area contributed by atoms with E-state index in [1.165, 1.54) is 0 Å². The maximum atomic E-state index is 12.9. The molecule has 0 aromatic heterocycles. The van der Waals surface area contributed by atoms with Crippen LogP contribution in [-0.2, 0) is 9.53 Å². The normalized spacial score (nSPS) is 17.6. The van der Waals surface area contributed by atoms with Crippen molar-refractivity contribution in [2.45, 2.75) is 19.8 Å². The largest absolute Gasteiger partial charge is 0.497 e. The highest BCUT2D eigenvalue weighted by Crippen LogP contribution is 2.39. The first kappa shape index (κ1) is 18.8. The van der Waals surface area contributed by atoms with E-state index in [1.807, 2.05) is 68.6 Å². The van der Waals surface area contributed by atoms with Gasteiger partial charge in [0.15, 0.2) is 6.21 Å². The van der Waals surface area contributed by atoms with Gasteiger partial charge in [-0.15, -0.1) is 0 Å². The lowest BCUT2D eigenvalue weighted by atomic mass is 9.81. The van der Waals surface area contributed by atoms with E-state index < -0.39 is 0 Å². The number of esters is 1. The van der Waals surface area contributed by atoms with E-state index in [0.717, 1.165) is 39.8 Å². The van der Waals surface area contributed by atoms with Crippen LogP contribution >= 0.6 is 0 Å². The first-order valence-electron chi connectivity index (χ1n) is 9.61. The molecule has 1 atom stereocenters. The molecule has 0 fully saturated rings. The van der Waals surface area contributed by atoms with Crippen molar-refractivity contribution in [3.63, 3.8) is 0 Å². The summed E-state index contributed by atoms with van der Waals surface area (Å²) in [5.41, 5.74) is 5.14. The number of hydrogen-bond donors (Lipinski definition) is 3. The highest BCUT2D eigenvalue weighted by atomic mass is 16.5. The summed E-state index contributed by atoms with van der Waals surface area (Å²) >= 11 is 0. The number of nitrogens with one attached hydrogen (secondary N) is 3. The second-order valence-electron chi connectivity index (χ2n) is 6.88. The van der Waals surface area contributed by atoms with Crippen molar-refractivity contribution in [2.24, 2.45) is 0 Å². The summed E-state index contributed by atoms with van der Waals surface area (Å²) in [4.78, 5) is 16.3. The van der Waals surface area contributed by atoms with Gasteiger partial charge in [-0.1, -0.05) is 24.3 Å². The smallest absolute Gasteiger partial charge is 0.336 e. The molecule has 0 spiro atoms. The van der Waals surface area contributed by atoms with E-state index in [-0.39, 0.29) is 11.9 Å². The summed E-state index contributed by atoms with van der Waals surface area (Å²) in [6.07, 6.45) is 1.94. The minimum Gasteiger partial charge on any atom is -0.497 e. The third kappa shape index (κ3) is 3.49. The number of carbonyl (C=O) groups is 1. The number of benzene rings is 2. The van der Waals surface area contributed by atoms with E-state index >= 15 is 0 Å². The van der Waals surface area contributed by atoms with Gasteiger partial charge < -0.3 is 20.1 Å². The molecule has 2 heterocycles. The molecule has 0 amide bonds. The lowest BCUT2D eigenvalue weighted by Crippen LogP contribution is -2.62. The van der Waals surface area contributed by atoms with Gasteiger partial charge in [0.1, 0.15) is 17.3 Å². The van der Waals surface area contributed by atoms with Crippen molar-refractivity contribution in [1.82, 2.24) is 5.32 Å². The monoisotopic (exact) mass is 390 g/mol. The van der Waals surface area contributed by atoms with E-state index in [1.54, 1.807) is 7.11 Å². The number of para-hydroxylation sites is 2. The molecule has 148 valence electrons. The number of rotatable bonds is 4. The minimum absolute atomic E-state index is 0.310. The molecule has 6 heteroatoms. The molecular weight excluding hydrogens is 366 g/mol. The van der Waals surface area contributed by atoms with E-state index in [2.05, 4.69) is 15.6 Å². The minimum atomic E-state index is -0.327. The first-order valence-corrected chi connectivity index (χ1v) is 9.61. The Kier molecular flexibility index (Phi) is 5.08. The van der Waals surface area contributed by atoms with Crippen molar-refractivity contribution in [1.29, 1.82) is 0 Å². The zero-order chi connectivity index (χ0) is 20.4. The average molecular weight is 390 g/mol. The summed E-state index contributed by atoms with van der Waals surface area (Å²) in [5, 5.41) is 6.83. The van der Waals surface area contributed by atoms with Crippen molar-refractivity contribution >= 4 is 23.6 Å². The lowest BCUT2D eigenvalue weighted by Gasteiger charge is -2.29. The van der Waals surface area contributed by atoms with Crippen LogP contribution in [0.5, 0.6) is 5.75 Å². The van der Waals surface area contributed by atoms with Crippen LogP contribution in [0.15, 0.2) is 71.2 Å². The summed E-state index contributed by atoms with van der Waals surface area (Å²) in [6.45, 7) is 4.03. The molecule has 0 saturated heterocycles. The number of ether oxygens (including phenoxy) is 2. The zero-order valence-electron chi connectivity index (χ0n) is 16.7. The summed E-state index contributed by atoms with van der Waals surface area (Å²) in [5.74, 6) is 0.935. The Morgan fingerprint density at radius 3 is 2.76 bits per heavy atom.